The number of aromatic nitrogens is 1. The Labute approximate surface area is 194 Å². The fraction of sp³-hybridized carbons (Fsp3) is 0. The maximum Gasteiger partial charge on any atom is 0.433 e. The fourth-order valence-electron chi connectivity index (χ4n) is 2.62. The highest BCUT2D eigenvalue weighted by molar-refractivity contribution is 7.07. The molecule has 0 atom stereocenters. The molecule has 156 valence electrons. The molecule has 0 saturated carbocycles. The van der Waals surface area contributed by atoms with Crippen molar-refractivity contribution in [3.8, 4) is 11.3 Å². The normalized spacial score (nSPS) is 12.0. The van der Waals surface area contributed by atoms with Crippen LogP contribution in [0.15, 0.2) is 74.5 Å². The van der Waals surface area contributed by atoms with E-state index in [0.29, 0.717) is 36.8 Å². The van der Waals surface area contributed by atoms with E-state index in [1.54, 1.807) is 47.1 Å². The van der Waals surface area contributed by atoms with Gasteiger partial charge in [-0.25, -0.2) is 9.67 Å². The molecule has 4 aromatic rings. The summed E-state index contributed by atoms with van der Waals surface area (Å²) in [7, 11) is 0. The number of rotatable bonds is 5. The molecule has 4 rings (SSSR count). The summed E-state index contributed by atoms with van der Waals surface area (Å²) in [5.41, 5.74) is 2.04. The van der Waals surface area contributed by atoms with Crippen molar-refractivity contribution in [2.75, 3.05) is 0 Å². The maximum atomic E-state index is 10.8. The first-order valence-corrected chi connectivity index (χ1v) is 10.7. The Hall–Kier alpha value is -2.91. The van der Waals surface area contributed by atoms with Gasteiger partial charge in [-0.3, -0.25) is 10.1 Å². The van der Waals surface area contributed by atoms with Crippen molar-refractivity contribution in [3.05, 3.63) is 95.7 Å². The molecule has 31 heavy (non-hydrogen) atoms. The van der Waals surface area contributed by atoms with Gasteiger partial charge >= 0.3 is 5.88 Å². The van der Waals surface area contributed by atoms with E-state index in [1.165, 1.54) is 29.7 Å². The molecule has 0 radical (unpaired) electrons. The average molecular weight is 494 g/mol. The fourth-order valence-corrected chi connectivity index (χ4v) is 4.10. The minimum absolute atomic E-state index is 0.219. The van der Waals surface area contributed by atoms with E-state index in [9.17, 15) is 10.1 Å². The lowest BCUT2D eigenvalue weighted by molar-refractivity contribution is -0.402. The molecule has 11 heteroatoms. The van der Waals surface area contributed by atoms with Crippen molar-refractivity contribution in [2.24, 2.45) is 10.1 Å². The number of halogens is 3. The molecule has 0 aliphatic rings. The highest BCUT2D eigenvalue weighted by Crippen LogP contribution is 2.31. The Bertz CT molecular complexity index is 1360. The lowest BCUT2D eigenvalue weighted by Gasteiger charge is -2.06. The summed E-state index contributed by atoms with van der Waals surface area (Å²) in [6.45, 7) is 0. The standard InChI is InChI=1S/C20H11Cl3N4O3S/c21-12-1-4-14(5-2-12)25-20-26(24-10-15-6-8-19(30-15)27(28)29)18(11-31-20)16-7-3-13(22)9-17(16)23/h1-11H. The van der Waals surface area contributed by atoms with Crippen LogP contribution in [0.1, 0.15) is 5.76 Å². The molecule has 0 bridgehead atoms. The minimum atomic E-state index is -0.616. The molecule has 0 aliphatic carbocycles. The van der Waals surface area contributed by atoms with Gasteiger partial charge in [-0.05, 0) is 48.5 Å². The summed E-state index contributed by atoms with van der Waals surface area (Å²) in [5, 5.41) is 18.7. The van der Waals surface area contributed by atoms with E-state index in [0.717, 1.165) is 0 Å². The van der Waals surface area contributed by atoms with E-state index in [2.05, 4.69) is 10.1 Å². The monoisotopic (exact) mass is 492 g/mol. The Kier molecular flexibility index (Phi) is 6.24. The van der Waals surface area contributed by atoms with Gasteiger partial charge < -0.3 is 4.42 Å². The largest absolute Gasteiger partial charge is 0.433 e. The molecule has 2 aromatic carbocycles. The first-order chi connectivity index (χ1) is 14.9. The van der Waals surface area contributed by atoms with E-state index in [4.69, 9.17) is 39.2 Å². The number of thiazole rings is 1. The second-order valence-electron chi connectivity index (χ2n) is 6.11. The second kappa shape index (κ2) is 9.07. The van der Waals surface area contributed by atoms with E-state index < -0.39 is 4.92 Å². The van der Waals surface area contributed by atoms with Gasteiger partial charge in [-0.2, -0.15) is 5.10 Å². The van der Waals surface area contributed by atoms with Gasteiger partial charge in [0, 0.05) is 21.0 Å². The van der Waals surface area contributed by atoms with Crippen molar-refractivity contribution in [1.82, 2.24) is 4.68 Å². The van der Waals surface area contributed by atoms with Crippen LogP contribution >= 0.6 is 46.1 Å². The van der Waals surface area contributed by atoms with Gasteiger partial charge in [0.15, 0.2) is 5.76 Å². The molecule has 2 heterocycles. The molecule has 0 unspecified atom stereocenters. The Morgan fingerprint density at radius 3 is 2.45 bits per heavy atom. The van der Waals surface area contributed by atoms with E-state index >= 15 is 0 Å². The molecular formula is C20H11Cl3N4O3S. The molecule has 2 aromatic heterocycles. The van der Waals surface area contributed by atoms with Crippen molar-refractivity contribution < 1.29 is 9.34 Å². The Balaban J connectivity index is 1.84. The predicted molar refractivity (Wildman–Crippen MR) is 123 cm³/mol. The van der Waals surface area contributed by atoms with Crippen LogP contribution in [0.4, 0.5) is 11.6 Å². The molecule has 0 aliphatic heterocycles. The van der Waals surface area contributed by atoms with Crippen LogP contribution in [0.2, 0.25) is 15.1 Å². The van der Waals surface area contributed by atoms with Crippen LogP contribution in [0.3, 0.4) is 0 Å². The number of hydrogen-bond acceptors (Lipinski definition) is 6. The summed E-state index contributed by atoms with van der Waals surface area (Å²) in [4.78, 5) is 15.4. The van der Waals surface area contributed by atoms with Crippen LogP contribution in [-0.4, -0.2) is 15.8 Å². The average Bonchev–Trinajstić information content (AvgIpc) is 3.36. The third kappa shape index (κ3) is 4.88. The van der Waals surface area contributed by atoms with Gasteiger partial charge in [0.1, 0.15) is 4.92 Å². The van der Waals surface area contributed by atoms with Crippen LogP contribution < -0.4 is 4.80 Å². The number of furan rings is 1. The first kappa shape index (κ1) is 21.3. The SMILES string of the molecule is O=[N+]([O-])c1ccc(C=Nn2c(-c3ccc(Cl)cc3Cl)csc2=Nc2ccc(Cl)cc2)o1. The molecule has 0 saturated heterocycles. The number of hydrogen-bond donors (Lipinski definition) is 0. The molecule has 0 amide bonds. The topological polar surface area (TPSA) is 85.9 Å². The first-order valence-electron chi connectivity index (χ1n) is 8.65. The molecule has 0 spiro atoms. The number of nitrogens with zero attached hydrogens (tertiary/aromatic N) is 4. The zero-order valence-electron chi connectivity index (χ0n) is 15.4. The highest BCUT2D eigenvalue weighted by atomic mass is 35.5. The van der Waals surface area contributed by atoms with E-state index in [1.807, 2.05) is 5.38 Å². The van der Waals surface area contributed by atoms with Crippen LogP contribution in [0.5, 0.6) is 0 Å². The molecule has 0 N–H and O–H groups in total. The molecular weight excluding hydrogens is 483 g/mol. The van der Waals surface area contributed by atoms with Crippen LogP contribution in [0, 0.1) is 10.1 Å². The van der Waals surface area contributed by atoms with Gasteiger partial charge in [-0.15, -0.1) is 11.3 Å². The van der Waals surface area contributed by atoms with Gasteiger partial charge in [-0.1, -0.05) is 34.8 Å². The van der Waals surface area contributed by atoms with E-state index in [-0.39, 0.29) is 11.6 Å². The Morgan fingerprint density at radius 1 is 1.03 bits per heavy atom. The summed E-state index contributed by atoms with van der Waals surface area (Å²) in [6.07, 6.45) is 1.37. The zero-order valence-corrected chi connectivity index (χ0v) is 18.5. The number of benzene rings is 2. The van der Waals surface area contributed by atoms with Gasteiger partial charge in [0.25, 0.3) is 0 Å². The lowest BCUT2D eigenvalue weighted by Crippen LogP contribution is -2.11. The van der Waals surface area contributed by atoms with Crippen molar-refractivity contribution in [1.29, 1.82) is 0 Å². The van der Waals surface area contributed by atoms with Gasteiger partial charge in [0.05, 0.1) is 28.7 Å². The lowest BCUT2D eigenvalue weighted by atomic mass is 10.2. The minimum Gasteiger partial charge on any atom is -0.400 e. The summed E-state index contributed by atoms with van der Waals surface area (Å²) in [6, 6.07) is 14.9. The molecule has 0 fully saturated rings. The predicted octanol–water partition coefficient (Wildman–Crippen LogP) is 6.79. The van der Waals surface area contributed by atoms with Crippen LogP contribution in [0.25, 0.3) is 11.3 Å². The van der Waals surface area contributed by atoms with Crippen molar-refractivity contribution >= 4 is 63.9 Å². The quantitative estimate of drug-likeness (QED) is 0.174. The van der Waals surface area contributed by atoms with Crippen molar-refractivity contribution in [3.63, 3.8) is 0 Å². The summed E-state index contributed by atoms with van der Waals surface area (Å²) >= 11 is 19.7. The maximum absolute atomic E-state index is 10.8. The third-order valence-electron chi connectivity index (χ3n) is 4.04. The summed E-state index contributed by atoms with van der Waals surface area (Å²) in [5.74, 6) is -0.153. The third-order valence-corrected chi connectivity index (χ3v) is 5.65. The van der Waals surface area contributed by atoms with Gasteiger partial charge in [0.2, 0.25) is 4.80 Å². The zero-order chi connectivity index (χ0) is 22.0. The highest BCUT2D eigenvalue weighted by Gasteiger charge is 2.13. The second-order valence-corrected chi connectivity index (χ2v) is 8.22. The number of nitro groups is 1. The summed E-state index contributed by atoms with van der Waals surface area (Å²) < 4.78 is 6.72. The smallest absolute Gasteiger partial charge is 0.400 e. The Morgan fingerprint density at radius 2 is 1.77 bits per heavy atom. The molecule has 7 nitrogen and oxygen atoms in total. The van der Waals surface area contributed by atoms with Crippen molar-refractivity contribution in [2.45, 2.75) is 0 Å². The van der Waals surface area contributed by atoms with Crippen LogP contribution in [-0.2, 0) is 0 Å².